The average Bonchev–Trinajstić information content (AvgIpc) is 2.41. The summed E-state index contributed by atoms with van der Waals surface area (Å²) in [5, 5.41) is 3.39. The molecule has 0 amide bonds. The molecule has 0 saturated heterocycles. The fourth-order valence-corrected chi connectivity index (χ4v) is 2.27. The Bertz CT molecular complexity index is 510. The van der Waals surface area contributed by atoms with Crippen LogP contribution in [0, 0.1) is 3.57 Å². The number of hydrogen-bond acceptors (Lipinski definition) is 2. The first-order chi connectivity index (χ1) is 9.28. The van der Waals surface area contributed by atoms with Gasteiger partial charge in [-0.15, -0.1) is 0 Å². The van der Waals surface area contributed by atoms with Gasteiger partial charge in [0.2, 0.25) is 0 Å². The highest BCUT2D eigenvalue weighted by Crippen LogP contribution is 2.23. The lowest BCUT2D eigenvalue weighted by atomic mass is 10.2. The minimum absolute atomic E-state index is 0.876. The Morgan fingerprint density at radius 3 is 2.53 bits per heavy atom. The minimum atomic E-state index is 0.876. The van der Waals surface area contributed by atoms with E-state index in [0.29, 0.717) is 0 Å². The molecule has 0 heterocycles. The fourth-order valence-electron chi connectivity index (χ4n) is 1.75. The van der Waals surface area contributed by atoms with Crippen LogP contribution in [0.2, 0.25) is 0 Å². The van der Waals surface area contributed by atoms with Crippen LogP contribution in [0.5, 0.6) is 11.5 Å². The van der Waals surface area contributed by atoms with E-state index < -0.39 is 0 Å². The molecule has 0 radical (unpaired) electrons. The molecular weight excluding hydrogens is 349 g/mol. The van der Waals surface area contributed by atoms with Crippen molar-refractivity contribution in [1.29, 1.82) is 0 Å². The van der Waals surface area contributed by atoms with E-state index in [9.17, 15) is 0 Å². The lowest BCUT2D eigenvalue weighted by molar-refractivity contribution is 0.482. The van der Waals surface area contributed by atoms with Crippen molar-refractivity contribution < 1.29 is 4.74 Å². The van der Waals surface area contributed by atoms with E-state index in [1.807, 2.05) is 30.3 Å². The molecule has 0 aromatic heterocycles. The third-order valence-corrected chi connectivity index (χ3v) is 3.38. The van der Waals surface area contributed by atoms with Gasteiger partial charge in [0.15, 0.2) is 0 Å². The summed E-state index contributed by atoms with van der Waals surface area (Å²) in [7, 11) is 0. The first-order valence-corrected chi connectivity index (χ1v) is 7.59. The molecule has 0 bridgehead atoms. The summed E-state index contributed by atoms with van der Waals surface area (Å²) in [6, 6.07) is 16.3. The Labute approximate surface area is 128 Å². The normalized spacial score (nSPS) is 10.4. The molecule has 0 aliphatic carbocycles. The molecule has 0 atom stereocenters. The molecule has 2 aromatic carbocycles. The molecule has 3 heteroatoms. The molecule has 100 valence electrons. The van der Waals surface area contributed by atoms with Crippen molar-refractivity contribution in [1.82, 2.24) is 5.32 Å². The highest BCUT2D eigenvalue weighted by atomic mass is 127. The molecule has 0 saturated carbocycles. The summed E-state index contributed by atoms with van der Waals surface area (Å²) in [5.41, 5.74) is 1.28. The summed E-state index contributed by atoms with van der Waals surface area (Å²) < 4.78 is 6.99. The topological polar surface area (TPSA) is 21.3 Å². The molecule has 0 aliphatic rings. The molecule has 0 fully saturated rings. The Hall–Kier alpha value is -1.07. The molecule has 2 rings (SSSR count). The van der Waals surface area contributed by atoms with Gasteiger partial charge in [-0.1, -0.05) is 25.1 Å². The third-order valence-electron chi connectivity index (χ3n) is 2.71. The Kier molecular flexibility index (Phi) is 5.66. The Balaban J connectivity index is 1.95. The molecule has 0 unspecified atom stereocenters. The molecule has 2 nitrogen and oxygen atoms in total. The third kappa shape index (κ3) is 4.84. The predicted octanol–water partition coefficient (Wildman–Crippen LogP) is 4.58. The van der Waals surface area contributed by atoms with Crippen LogP contribution in [0.4, 0.5) is 0 Å². The first kappa shape index (κ1) is 14.3. The van der Waals surface area contributed by atoms with Crippen LogP contribution in [-0.4, -0.2) is 6.54 Å². The SMILES string of the molecule is CCCNCc1ccc(Oc2cccc(I)c2)cc1. The standard InChI is InChI=1S/C16H18INO/c1-2-10-18-12-13-6-8-15(9-7-13)19-16-5-3-4-14(17)11-16/h3-9,11,18H,2,10,12H2,1H3. The van der Waals surface area contributed by atoms with Crippen LogP contribution < -0.4 is 10.1 Å². The molecule has 0 spiro atoms. The maximum atomic E-state index is 5.81. The maximum absolute atomic E-state index is 5.81. The second-order valence-electron chi connectivity index (χ2n) is 4.38. The summed E-state index contributed by atoms with van der Waals surface area (Å²) in [4.78, 5) is 0. The van der Waals surface area contributed by atoms with Gasteiger partial charge in [-0.2, -0.15) is 0 Å². The molecule has 19 heavy (non-hydrogen) atoms. The van der Waals surface area contributed by atoms with E-state index >= 15 is 0 Å². The molecular formula is C16H18INO. The van der Waals surface area contributed by atoms with Crippen molar-refractivity contribution in [3.8, 4) is 11.5 Å². The summed E-state index contributed by atoms with van der Waals surface area (Å²) in [6.07, 6.45) is 1.16. The minimum Gasteiger partial charge on any atom is -0.457 e. The quantitative estimate of drug-likeness (QED) is 0.596. The highest BCUT2D eigenvalue weighted by Gasteiger charge is 1.98. The van der Waals surface area contributed by atoms with Crippen molar-refractivity contribution >= 4 is 22.6 Å². The zero-order valence-electron chi connectivity index (χ0n) is 11.0. The Morgan fingerprint density at radius 2 is 1.84 bits per heavy atom. The van der Waals surface area contributed by atoms with Gasteiger partial charge < -0.3 is 10.1 Å². The number of benzene rings is 2. The molecule has 1 N–H and O–H groups in total. The maximum Gasteiger partial charge on any atom is 0.128 e. The van der Waals surface area contributed by atoms with E-state index in [-0.39, 0.29) is 0 Å². The van der Waals surface area contributed by atoms with Gasteiger partial charge in [0.05, 0.1) is 0 Å². The van der Waals surface area contributed by atoms with Gasteiger partial charge in [-0.25, -0.2) is 0 Å². The van der Waals surface area contributed by atoms with Gasteiger partial charge in [0.1, 0.15) is 11.5 Å². The van der Waals surface area contributed by atoms with Crippen molar-refractivity contribution in [3.63, 3.8) is 0 Å². The van der Waals surface area contributed by atoms with Crippen molar-refractivity contribution in [2.24, 2.45) is 0 Å². The van der Waals surface area contributed by atoms with E-state index in [2.05, 4.69) is 53.0 Å². The summed E-state index contributed by atoms with van der Waals surface area (Å²) >= 11 is 2.28. The van der Waals surface area contributed by atoms with Gasteiger partial charge in [0.25, 0.3) is 0 Å². The van der Waals surface area contributed by atoms with Crippen LogP contribution in [-0.2, 0) is 6.54 Å². The summed E-state index contributed by atoms with van der Waals surface area (Å²) in [5.74, 6) is 1.75. The van der Waals surface area contributed by atoms with Gasteiger partial charge in [-0.3, -0.25) is 0 Å². The fraction of sp³-hybridized carbons (Fsp3) is 0.250. The van der Waals surface area contributed by atoms with Crippen molar-refractivity contribution in [3.05, 3.63) is 57.7 Å². The van der Waals surface area contributed by atoms with Crippen LogP contribution in [0.15, 0.2) is 48.5 Å². The van der Waals surface area contributed by atoms with Crippen molar-refractivity contribution in [2.75, 3.05) is 6.54 Å². The lowest BCUT2D eigenvalue weighted by Gasteiger charge is -2.07. The number of hydrogen-bond donors (Lipinski definition) is 1. The number of halogens is 1. The Morgan fingerprint density at radius 1 is 1.05 bits per heavy atom. The second kappa shape index (κ2) is 7.50. The van der Waals surface area contributed by atoms with E-state index in [1.54, 1.807) is 0 Å². The largest absolute Gasteiger partial charge is 0.457 e. The molecule has 0 aliphatic heterocycles. The summed E-state index contributed by atoms with van der Waals surface area (Å²) in [6.45, 7) is 4.14. The van der Waals surface area contributed by atoms with E-state index in [4.69, 9.17) is 4.74 Å². The number of ether oxygens (including phenoxy) is 1. The van der Waals surface area contributed by atoms with Crippen molar-refractivity contribution in [2.45, 2.75) is 19.9 Å². The molecule has 2 aromatic rings. The zero-order chi connectivity index (χ0) is 13.5. The van der Waals surface area contributed by atoms with Gasteiger partial charge in [0, 0.05) is 10.1 Å². The van der Waals surface area contributed by atoms with Crippen LogP contribution in [0.3, 0.4) is 0 Å². The van der Waals surface area contributed by atoms with E-state index in [1.165, 1.54) is 9.13 Å². The van der Waals surface area contributed by atoms with Crippen LogP contribution in [0.1, 0.15) is 18.9 Å². The zero-order valence-corrected chi connectivity index (χ0v) is 13.2. The monoisotopic (exact) mass is 367 g/mol. The predicted molar refractivity (Wildman–Crippen MR) is 87.7 cm³/mol. The smallest absolute Gasteiger partial charge is 0.128 e. The first-order valence-electron chi connectivity index (χ1n) is 6.51. The average molecular weight is 367 g/mol. The van der Waals surface area contributed by atoms with Gasteiger partial charge >= 0.3 is 0 Å². The number of rotatable bonds is 6. The van der Waals surface area contributed by atoms with Crippen LogP contribution in [0.25, 0.3) is 0 Å². The number of nitrogens with one attached hydrogen (secondary N) is 1. The highest BCUT2D eigenvalue weighted by molar-refractivity contribution is 14.1. The van der Waals surface area contributed by atoms with E-state index in [0.717, 1.165) is 31.0 Å². The van der Waals surface area contributed by atoms with Crippen LogP contribution >= 0.6 is 22.6 Å². The lowest BCUT2D eigenvalue weighted by Crippen LogP contribution is -2.13. The van der Waals surface area contributed by atoms with Gasteiger partial charge in [-0.05, 0) is 71.5 Å². The second-order valence-corrected chi connectivity index (χ2v) is 5.63.